The van der Waals surface area contributed by atoms with Crippen molar-refractivity contribution >= 4 is 39.1 Å². The zero-order valence-electron chi connectivity index (χ0n) is 18.8. The number of anilines is 2. The zero-order chi connectivity index (χ0) is 23.7. The minimum Gasteiger partial charge on any atom is -0.342 e. The Kier molecular flexibility index (Phi) is 6.15. The quantitative estimate of drug-likeness (QED) is 0.449. The number of aryl methyl sites for hydroxylation is 1. The molecule has 2 aromatic heterocycles. The van der Waals surface area contributed by atoms with E-state index in [1.54, 1.807) is 23.6 Å². The minimum absolute atomic E-state index is 0.0416. The minimum atomic E-state index is -0.334. The summed E-state index contributed by atoms with van der Waals surface area (Å²) in [7, 11) is 0. The molecule has 0 spiro atoms. The first-order chi connectivity index (χ1) is 16.5. The van der Waals surface area contributed by atoms with Gasteiger partial charge >= 0.3 is 0 Å². The SMILES string of the molecule is Cc1ccc(NC(=O)C2CCN(c3nc4ccsc4c(=O)n3Cc3ccccc3)CC2)cc1F. The summed E-state index contributed by atoms with van der Waals surface area (Å²) in [5.74, 6) is 0.0173. The Labute approximate surface area is 200 Å². The number of piperidine rings is 1. The van der Waals surface area contributed by atoms with Gasteiger partial charge in [0.15, 0.2) is 0 Å². The Hall–Kier alpha value is -3.52. The van der Waals surface area contributed by atoms with E-state index >= 15 is 0 Å². The van der Waals surface area contributed by atoms with Gasteiger partial charge in [-0.15, -0.1) is 11.3 Å². The highest BCUT2D eigenvalue weighted by Gasteiger charge is 2.28. The van der Waals surface area contributed by atoms with E-state index in [2.05, 4.69) is 10.2 Å². The summed E-state index contributed by atoms with van der Waals surface area (Å²) in [4.78, 5) is 33.0. The van der Waals surface area contributed by atoms with Crippen LogP contribution in [0.4, 0.5) is 16.0 Å². The third kappa shape index (κ3) is 4.46. The number of nitrogens with zero attached hydrogens (tertiary/aromatic N) is 3. The van der Waals surface area contributed by atoms with E-state index in [9.17, 15) is 14.0 Å². The number of amides is 1. The highest BCUT2D eigenvalue weighted by molar-refractivity contribution is 7.17. The van der Waals surface area contributed by atoms with Gasteiger partial charge in [0.25, 0.3) is 5.56 Å². The fraction of sp³-hybridized carbons (Fsp3) is 0.269. The van der Waals surface area contributed by atoms with Crippen molar-refractivity contribution in [3.8, 4) is 0 Å². The van der Waals surface area contributed by atoms with E-state index in [-0.39, 0.29) is 23.2 Å². The predicted molar refractivity (Wildman–Crippen MR) is 134 cm³/mol. The van der Waals surface area contributed by atoms with Crippen LogP contribution in [-0.2, 0) is 11.3 Å². The average molecular weight is 477 g/mol. The Balaban J connectivity index is 1.35. The molecule has 1 amide bonds. The summed E-state index contributed by atoms with van der Waals surface area (Å²) in [6.45, 7) is 3.35. The Morgan fingerprint density at radius 1 is 1.15 bits per heavy atom. The lowest BCUT2D eigenvalue weighted by Crippen LogP contribution is -2.41. The van der Waals surface area contributed by atoms with Gasteiger partial charge in [-0.25, -0.2) is 9.37 Å². The van der Waals surface area contributed by atoms with Gasteiger partial charge < -0.3 is 10.2 Å². The summed E-state index contributed by atoms with van der Waals surface area (Å²) >= 11 is 1.41. The second-order valence-electron chi connectivity index (χ2n) is 8.64. The largest absolute Gasteiger partial charge is 0.342 e. The van der Waals surface area contributed by atoms with Gasteiger partial charge in [-0.2, -0.15) is 0 Å². The van der Waals surface area contributed by atoms with Gasteiger partial charge in [0.2, 0.25) is 11.9 Å². The number of benzene rings is 2. The maximum absolute atomic E-state index is 13.8. The van der Waals surface area contributed by atoms with Gasteiger partial charge in [-0.1, -0.05) is 36.4 Å². The molecule has 1 aliphatic rings. The van der Waals surface area contributed by atoms with Crippen LogP contribution in [0.2, 0.25) is 0 Å². The molecule has 1 saturated heterocycles. The summed E-state index contributed by atoms with van der Waals surface area (Å²) < 4.78 is 16.2. The summed E-state index contributed by atoms with van der Waals surface area (Å²) in [5.41, 5.74) is 2.71. The number of halogens is 1. The van der Waals surface area contributed by atoms with Crippen molar-refractivity contribution in [3.05, 3.63) is 87.3 Å². The van der Waals surface area contributed by atoms with Crippen molar-refractivity contribution in [2.45, 2.75) is 26.3 Å². The van der Waals surface area contributed by atoms with E-state index in [1.165, 1.54) is 17.4 Å². The maximum Gasteiger partial charge on any atom is 0.273 e. The molecule has 0 saturated carbocycles. The number of nitrogens with one attached hydrogen (secondary N) is 1. The summed E-state index contributed by atoms with van der Waals surface area (Å²) in [6, 6.07) is 16.5. The lowest BCUT2D eigenvalue weighted by atomic mass is 9.96. The van der Waals surface area contributed by atoms with E-state index in [0.717, 1.165) is 5.56 Å². The Morgan fingerprint density at radius 3 is 2.65 bits per heavy atom. The lowest BCUT2D eigenvalue weighted by Gasteiger charge is -2.33. The monoisotopic (exact) mass is 476 g/mol. The number of carbonyl (C=O) groups is 1. The fourth-order valence-electron chi connectivity index (χ4n) is 4.34. The first-order valence-electron chi connectivity index (χ1n) is 11.3. The molecule has 6 nitrogen and oxygen atoms in total. The van der Waals surface area contributed by atoms with Crippen LogP contribution >= 0.6 is 11.3 Å². The smallest absolute Gasteiger partial charge is 0.273 e. The van der Waals surface area contributed by atoms with E-state index in [4.69, 9.17) is 4.98 Å². The van der Waals surface area contributed by atoms with Crippen LogP contribution in [0.1, 0.15) is 24.0 Å². The van der Waals surface area contributed by atoms with E-state index in [1.807, 2.05) is 41.8 Å². The van der Waals surface area contributed by atoms with Crippen LogP contribution in [0.25, 0.3) is 10.2 Å². The molecule has 0 bridgehead atoms. The van der Waals surface area contributed by atoms with E-state index in [0.29, 0.717) is 59.9 Å². The zero-order valence-corrected chi connectivity index (χ0v) is 19.6. The molecule has 8 heteroatoms. The molecule has 0 atom stereocenters. The van der Waals surface area contributed by atoms with Crippen LogP contribution in [0.5, 0.6) is 0 Å². The van der Waals surface area contributed by atoms with E-state index < -0.39 is 0 Å². The van der Waals surface area contributed by atoms with Gasteiger partial charge in [-0.3, -0.25) is 14.2 Å². The standard InChI is InChI=1S/C26H25FN4O2S/c1-17-7-8-20(15-21(17)27)28-24(32)19-9-12-30(13-10-19)26-29-22-11-14-34-23(22)25(33)31(26)16-18-5-3-2-4-6-18/h2-8,11,14-15,19H,9-10,12-13,16H2,1H3,(H,28,32). The van der Waals surface area contributed by atoms with Crippen molar-refractivity contribution in [3.63, 3.8) is 0 Å². The molecule has 3 heterocycles. The molecule has 0 aliphatic carbocycles. The van der Waals surface area contributed by atoms with Crippen LogP contribution in [0, 0.1) is 18.7 Å². The molecule has 1 aliphatic heterocycles. The molecule has 4 aromatic rings. The van der Waals surface area contributed by atoms with Crippen LogP contribution < -0.4 is 15.8 Å². The number of thiophene rings is 1. The molecular formula is C26H25FN4O2S. The number of hydrogen-bond donors (Lipinski definition) is 1. The number of carbonyl (C=O) groups excluding carboxylic acids is 1. The Morgan fingerprint density at radius 2 is 1.91 bits per heavy atom. The predicted octanol–water partition coefficient (Wildman–Crippen LogP) is 4.81. The number of hydrogen-bond acceptors (Lipinski definition) is 5. The number of rotatable bonds is 5. The van der Waals surface area contributed by atoms with Crippen molar-refractivity contribution in [1.82, 2.24) is 9.55 Å². The fourth-order valence-corrected chi connectivity index (χ4v) is 5.12. The third-order valence-corrected chi connectivity index (χ3v) is 7.21. The van der Waals surface area contributed by atoms with Crippen molar-refractivity contribution < 1.29 is 9.18 Å². The van der Waals surface area contributed by atoms with Crippen LogP contribution in [-0.4, -0.2) is 28.5 Å². The summed E-state index contributed by atoms with van der Waals surface area (Å²) in [6.07, 6.45) is 1.26. The molecular weight excluding hydrogens is 451 g/mol. The molecule has 2 aromatic carbocycles. The maximum atomic E-state index is 13.8. The molecule has 1 fully saturated rings. The topological polar surface area (TPSA) is 67.2 Å². The molecule has 34 heavy (non-hydrogen) atoms. The molecule has 174 valence electrons. The second kappa shape index (κ2) is 9.38. The number of aromatic nitrogens is 2. The molecule has 0 unspecified atom stereocenters. The average Bonchev–Trinajstić information content (AvgIpc) is 3.33. The molecule has 0 radical (unpaired) electrons. The lowest BCUT2D eigenvalue weighted by molar-refractivity contribution is -0.120. The van der Waals surface area contributed by atoms with Gasteiger partial charge in [0.1, 0.15) is 10.5 Å². The second-order valence-corrected chi connectivity index (χ2v) is 9.55. The first kappa shape index (κ1) is 22.3. The number of fused-ring (bicyclic) bond motifs is 1. The molecule has 5 rings (SSSR count). The van der Waals surface area contributed by atoms with Gasteiger partial charge in [0, 0.05) is 24.7 Å². The summed E-state index contributed by atoms with van der Waals surface area (Å²) in [5, 5.41) is 4.73. The highest BCUT2D eigenvalue weighted by Crippen LogP contribution is 2.26. The van der Waals surface area contributed by atoms with Crippen molar-refractivity contribution in [2.75, 3.05) is 23.3 Å². The highest BCUT2D eigenvalue weighted by atomic mass is 32.1. The van der Waals surface area contributed by atoms with Crippen molar-refractivity contribution in [1.29, 1.82) is 0 Å². The van der Waals surface area contributed by atoms with Gasteiger partial charge in [-0.05, 0) is 54.5 Å². The van der Waals surface area contributed by atoms with Crippen LogP contribution in [0.3, 0.4) is 0 Å². The Bertz CT molecular complexity index is 1390. The first-order valence-corrected chi connectivity index (χ1v) is 12.2. The van der Waals surface area contributed by atoms with Gasteiger partial charge in [0.05, 0.1) is 12.1 Å². The molecule has 1 N–H and O–H groups in total. The normalized spacial score (nSPS) is 14.5. The van der Waals surface area contributed by atoms with Crippen LogP contribution in [0.15, 0.2) is 64.8 Å². The van der Waals surface area contributed by atoms with Crippen molar-refractivity contribution in [2.24, 2.45) is 5.92 Å². The third-order valence-electron chi connectivity index (χ3n) is 6.32.